The third-order valence-electron chi connectivity index (χ3n) is 3.59. The Bertz CT molecular complexity index is 577. The lowest BCUT2D eigenvalue weighted by molar-refractivity contribution is -0.129. The molecule has 22 heavy (non-hydrogen) atoms. The number of likely N-dealkylation sites (N-methyl/N-ethyl adjacent to an activating group) is 1. The zero-order valence-electron chi connectivity index (χ0n) is 13.5. The lowest BCUT2D eigenvalue weighted by Gasteiger charge is -2.20. The minimum absolute atomic E-state index is 0.0906. The number of rotatable bonds is 7. The first-order chi connectivity index (χ1) is 10.5. The predicted octanol–water partition coefficient (Wildman–Crippen LogP) is 1.83. The van der Waals surface area contributed by atoms with Crippen molar-refractivity contribution in [3.63, 3.8) is 0 Å². The molecule has 0 unspecified atom stereocenters. The summed E-state index contributed by atoms with van der Waals surface area (Å²) in [6.07, 6.45) is 3.68. The maximum absolute atomic E-state index is 12.2. The minimum Gasteiger partial charge on any atom is -0.340 e. The molecule has 0 radical (unpaired) electrons. The van der Waals surface area contributed by atoms with Crippen LogP contribution in [0.2, 0.25) is 0 Å². The van der Waals surface area contributed by atoms with Crippen LogP contribution in [0.5, 0.6) is 0 Å². The second kappa shape index (κ2) is 7.75. The first-order valence-electron chi connectivity index (χ1n) is 7.55. The lowest BCUT2D eigenvalue weighted by Crippen LogP contribution is -2.40. The number of carbonyl (C=O) groups is 1. The van der Waals surface area contributed by atoms with Gasteiger partial charge in [-0.1, -0.05) is 29.8 Å². The molecular formula is C17H24N4O. The van der Waals surface area contributed by atoms with Crippen LogP contribution < -0.4 is 5.32 Å². The summed E-state index contributed by atoms with van der Waals surface area (Å²) < 4.78 is 1.86. The van der Waals surface area contributed by atoms with Crippen LogP contribution in [0.1, 0.15) is 18.1 Å². The zero-order valence-corrected chi connectivity index (χ0v) is 13.5. The van der Waals surface area contributed by atoms with Crippen molar-refractivity contribution in [1.29, 1.82) is 0 Å². The van der Waals surface area contributed by atoms with Gasteiger partial charge in [0.2, 0.25) is 5.91 Å². The Morgan fingerprint density at radius 1 is 1.36 bits per heavy atom. The van der Waals surface area contributed by atoms with E-state index in [0.717, 1.165) is 12.1 Å². The fourth-order valence-electron chi connectivity index (χ4n) is 2.21. The third kappa shape index (κ3) is 5.00. The van der Waals surface area contributed by atoms with Gasteiger partial charge in [-0.3, -0.25) is 9.48 Å². The van der Waals surface area contributed by atoms with Crippen LogP contribution in [0.25, 0.3) is 0 Å². The predicted molar refractivity (Wildman–Crippen MR) is 87.3 cm³/mol. The summed E-state index contributed by atoms with van der Waals surface area (Å²) in [5.74, 6) is 0.0906. The summed E-state index contributed by atoms with van der Waals surface area (Å²) >= 11 is 0. The molecule has 118 valence electrons. The number of carbonyl (C=O) groups excluding carboxylic acids is 1. The SMILES string of the molecule is Cc1ccc(CN(C)C(=O)CN[C@@H](C)Cn2cccn2)cc1. The van der Waals surface area contributed by atoms with E-state index in [-0.39, 0.29) is 11.9 Å². The van der Waals surface area contributed by atoms with Crippen molar-refractivity contribution in [3.05, 3.63) is 53.9 Å². The summed E-state index contributed by atoms with van der Waals surface area (Å²) in [6.45, 7) is 5.83. The van der Waals surface area contributed by atoms with Crippen LogP contribution >= 0.6 is 0 Å². The molecule has 0 fully saturated rings. The molecule has 0 aliphatic carbocycles. The van der Waals surface area contributed by atoms with E-state index in [1.165, 1.54) is 5.56 Å². The molecule has 0 aliphatic rings. The van der Waals surface area contributed by atoms with Crippen molar-refractivity contribution in [1.82, 2.24) is 20.0 Å². The molecule has 1 atom stereocenters. The van der Waals surface area contributed by atoms with Gasteiger partial charge in [-0.05, 0) is 25.5 Å². The molecular weight excluding hydrogens is 276 g/mol. The number of nitrogens with one attached hydrogen (secondary N) is 1. The highest BCUT2D eigenvalue weighted by molar-refractivity contribution is 5.78. The normalized spacial score (nSPS) is 12.1. The average Bonchev–Trinajstić information content (AvgIpc) is 3.00. The molecule has 0 saturated heterocycles. The maximum atomic E-state index is 12.2. The molecule has 5 heteroatoms. The molecule has 2 aromatic rings. The molecule has 5 nitrogen and oxygen atoms in total. The average molecular weight is 300 g/mol. The lowest BCUT2D eigenvalue weighted by atomic mass is 10.1. The van der Waals surface area contributed by atoms with Gasteiger partial charge in [0.1, 0.15) is 0 Å². The molecule has 2 rings (SSSR count). The highest BCUT2D eigenvalue weighted by Crippen LogP contribution is 2.05. The second-order valence-electron chi connectivity index (χ2n) is 5.75. The standard InChI is InChI=1S/C17H24N4O/c1-14-5-7-16(8-6-14)13-20(3)17(22)11-18-15(2)12-21-10-4-9-19-21/h4-10,15,18H,11-13H2,1-3H3/t15-/m0/s1. The molecule has 1 heterocycles. The number of amides is 1. The summed E-state index contributed by atoms with van der Waals surface area (Å²) in [5.41, 5.74) is 2.37. The second-order valence-corrected chi connectivity index (χ2v) is 5.75. The first-order valence-corrected chi connectivity index (χ1v) is 7.55. The molecule has 0 aliphatic heterocycles. The van der Waals surface area contributed by atoms with Gasteiger partial charge in [-0.15, -0.1) is 0 Å². The molecule has 0 spiro atoms. The summed E-state index contributed by atoms with van der Waals surface area (Å²) in [5, 5.41) is 7.41. The van der Waals surface area contributed by atoms with Crippen molar-refractivity contribution in [2.24, 2.45) is 0 Å². The first kappa shape index (κ1) is 16.2. The topological polar surface area (TPSA) is 50.2 Å². The van der Waals surface area contributed by atoms with Crippen LogP contribution in [0.3, 0.4) is 0 Å². The Morgan fingerprint density at radius 3 is 2.73 bits per heavy atom. The number of aromatic nitrogens is 2. The number of hydrogen-bond donors (Lipinski definition) is 1. The minimum atomic E-state index is 0.0906. The molecule has 1 aromatic carbocycles. The van der Waals surface area contributed by atoms with Crippen LogP contribution in [0, 0.1) is 6.92 Å². The van der Waals surface area contributed by atoms with Crippen molar-refractivity contribution in [2.75, 3.05) is 13.6 Å². The van der Waals surface area contributed by atoms with Crippen LogP contribution in [0.15, 0.2) is 42.7 Å². The van der Waals surface area contributed by atoms with Crippen LogP contribution in [0.4, 0.5) is 0 Å². The largest absolute Gasteiger partial charge is 0.340 e. The van der Waals surface area contributed by atoms with Gasteiger partial charge >= 0.3 is 0 Å². The van der Waals surface area contributed by atoms with E-state index in [4.69, 9.17) is 0 Å². The maximum Gasteiger partial charge on any atom is 0.236 e. The van der Waals surface area contributed by atoms with E-state index < -0.39 is 0 Å². The van der Waals surface area contributed by atoms with Gasteiger partial charge in [-0.25, -0.2) is 0 Å². The Labute approximate surface area is 131 Å². The zero-order chi connectivity index (χ0) is 15.9. The van der Waals surface area contributed by atoms with Gasteiger partial charge in [0.15, 0.2) is 0 Å². The van der Waals surface area contributed by atoms with E-state index >= 15 is 0 Å². The highest BCUT2D eigenvalue weighted by Gasteiger charge is 2.11. The highest BCUT2D eigenvalue weighted by atomic mass is 16.2. The fourth-order valence-corrected chi connectivity index (χ4v) is 2.21. The summed E-state index contributed by atoms with van der Waals surface area (Å²) in [6, 6.07) is 10.3. The third-order valence-corrected chi connectivity index (χ3v) is 3.59. The monoisotopic (exact) mass is 300 g/mol. The van der Waals surface area contributed by atoms with E-state index in [9.17, 15) is 4.79 Å². The quantitative estimate of drug-likeness (QED) is 0.848. The van der Waals surface area contributed by atoms with Gasteiger partial charge < -0.3 is 10.2 Å². The number of hydrogen-bond acceptors (Lipinski definition) is 3. The number of aryl methyl sites for hydroxylation is 1. The van der Waals surface area contributed by atoms with E-state index in [1.807, 2.05) is 24.0 Å². The fraction of sp³-hybridized carbons (Fsp3) is 0.412. The van der Waals surface area contributed by atoms with Gasteiger partial charge in [0.05, 0.1) is 13.1 Å². The Hall–Kier alpha value is -2.14. The van der Waals surface area contributed by atoms with Crippen molar-refractivity contribution in [3.8, 4) is 0 Å². The van der Waals surface area contributed by atoms with Crippen molar-refractivity contribution in [2.45, 2.75) is 33.0 Å². The van der Waals surface area contributed by atoms with Crippen molar-refractivity contribution >= 4 is 5.91 Å². The van der Waals surface area contributed by atoms with Gasteiger partial charge in [-0.2, -0.15) is 5.10 Å². The summed E-state index contributed by atoms with van der Waals surface area (Å²) in [7, 11) is 1.84. The van der Waals surface area contributed by atoms with Gasteiger partial charge in [0.25, 0.3) is 0 Å². The molecule has 1 N–H and O–H groups in total. The van der Waals surface area contributed by atoms with E-state index in [0.29, 0.717) is 13.1 Å². The summed E-state index contributed by atoms with van der Waals surface area (Å²) in [4.78, 5) is 13.9. The molecule has 0 saturated carbocycles. The van der Waals surface area contributed by atoms with Crippen LogP contribution in [-0.4, -0.2) is 40.2 Å². The Balaban J connectivity index is 1.75. The number of nitrogens with zero attached hydrogens (tertiary/aromatic N) is 3. The smallest absolute Gasteiger partial charge is 0.236 e. The Morgan fingerprint density at radius 2 is 2.09 bits per heavy atom. The number of benzene rings is 1. The van der Waals surface area contributed by atoms with Crippen LogP contribution in [-0.2, 0) is 17.9 Å². The van der Waals surface area contributed by atoms with Gasteiger partial charge in [0, 0.05) is 32.0 Å². The Kier molecular flexibility index (Phi) is 5.72. The van der Waals surface area contributed by atoms with E-state index in [1.54, 1.807) is 11.1 Å². The molecule has 1 amide bonds. The molecule has 1 aromatic heterocycles. The van der Waals surface area contributed by atoms with Crippen molar-refractivity contribution < 1.29 is 4.79 Å². The molecule has 0 bridgehead atoms. The van der Waals surface area contributed by atoms with E-state index in [2.05, 4.69) is 48.5 Å².